The molecule has 4 aromatic rings. The van der Waals surface area contributed by atoms with Crippen LogP contribution in [0.5, 0.6) is 11.5 Å². The topological polar surface area (TPSA) is 122 Å². The Morgan fingerprint density at radius 3 is 2.42 bits per heavy atom. The van der Waals surface area contributed by atoms with Gasteiger partial charge in [-0.25, -0.2) is 0 Å². The molecule has 1 atom stereocenters. The molecule has 0 spiro atoms. The molecule has 1 aromatic heterocycles. The number of methoxy groups -OCH3 is 1. The van der Waals surface area contributed by atoms with E-state index in [1.54, 1.807) is 43.6 Å². The molecule has 4 rings (SSSR count). The van der Waals surface area contributed by atoms with Crippen molar-refractivity contribution in [1.82, 2.24) is 10.3 Å². The van der Waals surface area contributed by atoms with E-state index in [2.05, 4.69) is 15.6 Å². The van der Waals surface area contributed by atoms with Crippen molar-refractivity contribution in [3.8, 4) is 11.5 Å². The van der Waals surface area contributed by atoms with E-state index in [4.69, 9.17) is 20.6 Å². The molecular formula is C30H31N5O3. The minimum atomic E-state index is -0.709. The van der Waals surface area contributed by atoms with E-state index in [0.29, 0.717) is 47.9 Å². The SMILES string of the molecule is COc1cc([C@H](Nc2ccc(C(=N)N)cc2)C(=O)NCCc2ccccn2)ccc1OCc1ccccc1. The van der Waals surface area contributed by atoms with Gasteiger partial charge in [0, 0.05) is 36.1 Å². The first-order valence-electron chi connectivity index (χ1n) is 12.3. The fourth-order valence-corrected chi connectivity index (χ4v) is 3.89. The van der Waals surface area contributed by atoms with Crippen LogP contribution in [0.1, 0.15) is 28.4 Å². The maximum Gasteiger partial charge on any atom is 0.247 e. The second-order valence-corrected chi connectivity index (χ2v) is 8.62. The van der Waals surface area contributed by atoms with Crippen LogP contribution in [0, 0.1) is 5.41 Å². The highest BCUT2D eigenvalue weighted by Crippen LogP contribution is 2.32. The van der Waals surface area contributed by atoms with Crippen molar-refractivity contribution >= 4 is 17.4 Å². The summed E-state index contributed by atoms with van der Waals surface area (Å²) in [5.74, 6) is 0.895. The maximum absolute atomic E-state index is 13.4. The van der Waals surface area contributed by atoms with Gasteiger partial charge in [-0.15, -0.1) is 0 Å². The summed E-state index contributed by atoms with van der Waals surface area (Å²) in [6.07, 6.45) is 2.35. The molecule has 0 aliphatic rings. The van der Waals surface area contributed by atoms with Crippen molar-refractivity contribution in [2.24, 2.45) is 5.73 Å². The molecule has 0 unspecified atom stereocenters. The van der Waals surface area contributed by atoms with Crippen molar-refractivity contribution < 1.29 is 14.3 Å². The van der Waals surface area contributed by atoms with E-state index in [0.717, 1.165) is 11.3 Å². The van der Waals surface area contributed by atoms with Crippen LogP contribution in [-0.2, 0) is 17.8 Å². The van der Waals surface area contributed by atoms with Gasteiger partial charge in [0.2, 0.25) is 5.91 Å². The molecule has 0 bridgehead atoms. The normalized spacial score (nSPS) is 11.3. The van der Waals surface area contributed by atoms with Gasteiger partial charge in [0.05, 0.1) is 7.11 Å². The second kappa shape index (κ2) is 12.9. The van der Waals surface area contributed by atoms with Gasteiger partial charge < -0.3 is 25.8 Å². The van der Waals surface area contributed by atoms with Crippen LogP contribution in [0.15, 0.2) is 97.2 Å². The molecule has 0 saturated carbocycles. The number of nitrogens with zero attached hydrogens (tertiary/aromatic N) is 1. The molecule has 1 heterocycles. The van der Waals surface area contributed by atoms with Crippen LogP contribution in [0.3, 0.4) is 0 Å². The van der Waals surface area contributed by atoms with Crippen LogP contribution >= 0.6 is 0 Å². The molecule has 5 N–H and O–H groups in total. The largest absolute Gasteiger partial charge is 0.493 e. The van der Waals surface area contributed by atoms with Gasteiger partial charge in [0.25, 0.3) is 0 Å². The van der Waals surface area contributed by atoms with E-state index >= 15 is 0 Å². The monoisotopic (exact) mass is 509 g/mol. The molecule has 0 aliphatic carbocycles. The van der Waals surface area contributed by atoms with Gasteiger partial charge in [-0.05, 0) is 59.7 Å². The lowest BCUT2D eigenvalue weighted by molar-refractivity contribution is -0.121. The third kappa shape index (κ3) is 7.10. The number of nitrogen functional groups attached to an aromatic ring is 1. The van der Waals surface area contributed by atoms with Gasteiger partial charge in [-0.1, -0.05) is 42.5 Å². The van der Waals surface area contributed by atoms with Gasteiger partial charge in [0.1, 0.15) is 18.5 Å². The smallest absolute Gasteiger partial charge is 0.247 e. The van der Waals surface area contributed by atoms with E-state index in [1.807, 2.05) is 60.7 Å². The van der Waals surface area contributed by atoms with Crippen LogP contribution in [0.4, 0.5) is 5.69 Å². The molecule has 1 amide bonds. The number of carbonyl (C=O) groups is 1. The lowest BCUT2D eigenvalue weighted by Gasteiger charge is -2.21. The number of amidine groups is 1. The maximum atomic E-state index is 13.4. The molecule has 38 heavy (non-hydrogen) atoms. The standard InChI is InChI=1S/C30H31N5O3/c1-37-27-19-23(12-15-26(27)38-20-21-7-3-2-4-8-21)28(35-25-13-10-22(11-14-25)29(31)32)30(36)34-18-16-24-9-5-6-17-33-24/h2-15,17,19,28,35H,16,18,20H2,1H3,(H3,31,32)(H,34,36)/t28-/m0/s1. The van der Waals surface area contributed by atoms with Crippen molar-refractivity contribution in [1.29, 1.82) is 5.41 Å². The molecule has 3 aromatic carbocycles. The summed E-state index contributed by atoms with van der Waals surface area (Å²) < 4.78 is 11.6. The first kappa shape index (κ1) is 26.2. The van der Waals surface area contributed by atoms with E-state index < -0.39 is 6.04 Å². The Bertz CT molecular complexity index is 1350. The zero-order chi connectivity index (χ0) is 26.7. The first-order chi connectivity index (χ1) is 18.5. The van der Waals surface area contributed by atoms with Crippen molar-refractivity contribution in [2.75, 3.05) is 19.0 Å². The highest BCUT2D eigenvalue weighted by Gasteiger charge is 2.22. The number of hydrogen-bond donors (Lipinski definition) is 4. The molecular weight excluding hydrogens is 478 g/mol. The summed E-state index contributed by atoms with van der Waals surface area (Å²) in [7, 11) is 1.57. The zero-order valence-electron chi connectivity index (χ0n) is 21.2. The summed E-state index contributed by atoms with van der Waals surface area (Å²) in [4.78, 5) is 17.7. The van der Waals surface area contributed by atoms with Gasteiger partial charge >= 0.3 is 0 Å². The Hall–Kier alpha value is -4.85. The summed E-state index contributed by atoms with van der Waals surface area (Å²) in [6, 6.07) is 27.4. The highest BCUT2D eigenvalue weighted by atomic mass is 16.5. The van der Waals surface area contributed by atoms with Crippen molar-refractivity contribution in [3.63, 3.8) is 0 Å². The predicted molar refractivity (Wildman–Crippen MR) is 149 cm³/mol. The average molecular weight is 510 g/mol. The summed E-state index contributed by atoms with van der Waals surface area (Å²) >= 11 is 0. The lowest BCUT2D eigenvalue weighted by atomic mass is 10.0. The Labute approximate surface area is 222 Å². The number of rotatable bonds is 12. The van der Waals surface area contributed by atoms with Crippen molar-refractivity contribution in [2.45, 2.75) is 19.1 Å². The predicted octanol–water partition coefficient (Wildman–Crippen LogP) is 4.47. The Kier molecular flexibility index (Phi) is 8.91. The minimum Gasteiger partial charge on any atom is -0.493 e. The van der Waals surface area contributed by atoms with Crippen LogP contribution < -0.4 is 25.8 Å². The average Bonchev–Trinajstić information content (AvgIpc) is 2.96. The summed E-state index contributed by atoms with van der Waals surface area (Å²) in [5, 5.41) is 13.9. The zero-order valence-corrected chi connectivity index (χ0v) is 21.2. The van der Waals surface area contributed by atoms with Crippen LogP contribution in [0.2, 0.25) is 0 Å². The Morgan fingerprint density at radius 1 is 0.974 bits per heavy atom. The van der Waals surface area contributed by atoms with Gasteiger partial charge in [-0.2, -0.15) is 0 Å². The number of anilines is 1. The van der Waals surface area contributed by atoms with E-state index in [9.17, 15) is 4.79 Å². The molecule has 194 valence electrons. The molecule has 8 nitrogen and oxygen atoms in total. The van der Waals surface area contributed by atoms with Gasteiger partial charge in [-0.3, -0.25) is 15.2 Å². The number of aromatic nitrogens is 1. The lowest BCUT2D eigenvalue weighted by Crippen LogP contribution is -2.34. The van der Waals surface area contributed by atoms with E-state index in [1.165, 1.54) is 0 Å². The number of carbonyl (C=O) groups excluding carboxylic acids is 1. The fraction of sp³-hybridized carbons (Fsp3) is 0.167. The number of benzene rings is 3. The number of hydrogen-bond acceptors (Lipinski definition) is 6. The minimum absolute atomic E-state index is 0.0174. The summed E-state index contributed by atoms with van der Waals surface area (Å²) in [5.41, 5.74) is 9.55. The van der Waals surface area contributed by atoms with E-state index in [-0.39, 0.29) is 11.7 Å². The molecule has 0 saturated heterocycles. The fourth-order valence-electron chi connectivity index (χ4n) is 3.89. The number of pyridine rings is 1. The Balaban J connectivity index is 1.53. The molecule has 0 aliphatic heterocycles. The van der Waals surface area contributed by atoms with Gasteiger partial charge in [0.15, 0.2) is 11.5 Å². The first-order valence-corrected chi connectivity index (χ1v) is 12.3. The van der Waals surface area contributed by atoms with Crippen LogP contribution in [0.25, 0.3) is 0 Å². The molecule has 8 heteroatoms. The quantitative estimate of drug-likeness (QED) is 0.165. The molecule has 0 fully saturated rings. The molecule has 0 radical (unpaired) electrons. The van der Waals surface area contributed by atoms with Crippen molar-refractivity contribution in [3.05, 3.63) is 120 Å². The third-order valence-electron chi connectivity index (χ3n) is 5.93. The Morgan fingerprint density at radius 2 is 1.74 bits per heavy atom. The highest BCUT2D eigenvalue weighted by molar-refractivity contribution is 5.95. The summed E-state index contributed by atoms with van der Waals surface area (Å²) in [6.45, 7) is 0.835. The number of ether oxygens (including phenoxy) is 2. The second-order valence-electron chi connectivity index (χ2n) is 8.62. The van der Waals surface area contributed by atoms with Crippen LogP contribution in [-0.4, -0.2) is 30.4 Å². The number of nitrogens with two attached hydrogens (primary N) is 1. The number of nitrogens with one attached hydrogen (secondary N) is 3. The third-order valence-corrected chi connectivity index (χ3v) is 5.93. The number of amides is 1.